The molecule has 1 saturated heterocycles. The molecule has 6 nitrogen and oxygen atoms in total. The number of halogens is 3. The number of nitrogens with two attached hydrogens (primary N) is 1. The molecule has 6 rings (SSSR count). The molecule has 0 radical (unpaired) electrons. The number of benzene rings is 3. The molecule has 9 heteroatoms. The fraction of sp³-hybridized carbons (Fsp3) is 0.324. The Labute approximate surface area is 267 Å². The summed E-state index contributed by atoms with van der Waals surface area (Å²) >= 11 is 0. The first kappa shape index (κ1) is 31.5. The summed E-state index contributed by atoms with van der Waals surface area (Å²) < 4.78 is 41.6. The molecule has 0 bridgehead atoms. The lowest BCUT2D eigenvalue weighted by Crippen LogP contribution is -2.47. The van der Waals surface area contributed by atoms with E-state index in [1.807, 2.05) is 60.4 Å². The van der Waals surface area contributed by atoms with E-state index in [-0.39, 0.29) is 12.3 Å². The minimum atomic E-state index is -4.56. The zero-order valence-electron chi connectivity index (χ0n) is 25.8. The molecule has 1 aliphatic heterocycles. The Morgan fingerprint density at radius 2 is 1.70 bits per heavy atom. The van der Waals surface area contributed by atoms with Crippen molar-refractivity contribution in [2.75, 3.05) is 24.5 Å². The van der Waals surface area contributed by atoms with Gasteiger partial charge in [0.05, 0.1) is 17.8 Å². The number of anilines is 1. The average Bonchev–Trinajstić information content (AvgIpc) is 3.40. The lowest BCUT2D eigenvalue weighted by molar-refractivity contribution is -0.161. The van der Waals surface area contributed by atoms with Crippen LogP contribution in [0.1, 0.15) is 72.0 Å². The monoisotopic (exact) mass is 626 g/mol. The Morgan fingerprint density at radius 3 is 2.41 bits per heavy atom. The van der Waals surface area contributed by atoms with Crippen LogP contribution in [0.25, 0.3) is 22.3 Å². The van der Waals surface area contributed by atoms with Crippen molar-refractivity contribution in [2.45, 2.75) is 57.3 Å². The Balaban J connectivity index is 1.57. The molecule has 2 unspecified atom stereocenters. The van der Waals surface area contributed by atoms with E-state index in [4.69, 9.17) is 5.73 Å². The predicted molar refractivity (Wildman–Crippen MR) is 174 cm³/mol. The third-order valence-corrected chi connectivity index (χ3v) is 9.00. The number of ketones is 1. The van der Waals surface area contributed by atoms with Crippen molar-refractivity contribution in [2.24, 2.45) is 5.73 Å². The number of aromatic nitrogens is 1. The van der Waals surface area contributed by atoms with Gasteiger partial charge in [0.2, 0.25) is 5.91 Å². The number of piperidine rings is 1. The van der Waals surface area contributed by atoms with Gasteiger partial charge in [0, 0.05) is 47.7 Å². The number of carbonyl (C=O) groups is 2. The maximum Gasteiger partial charge on any atom is 0.406 e. The normalized spacial score (nSPS) is 17.4. The number of carbonyl (C=O) groups excluding carboxylic acids is 2. The van der Waals surface area contributed by atoms with Crippen molar-refractivity contribution in [1.29, 1.82) is 0 Å². The third-order valence-electron chi connectivity index (χ3n) is 9.00. The van der Waals surface area contributed by atoms with Crippen molar-refractivity contribution in [3.63, 3.8) is 0 Å². The van der Waals surface area contributed by atoms with Gasteiger partial charge in [-0.3, -0.25) is 14.6 Å². The van der Waals surface area contributed by atoms with Crippen molar-refractivity contribution in [3.8, 4) is 22.3 Å². The molecule has 1 aliphatic carbocycles. The number of nitrogens with zero attached hydrogens (tertiary/aromatic N) is 3. The Morgan fingerprint density at radius 1 is 0.935 bits per heavy atom. The van der Waals surface area contributed by atoms with Crippen LogP contribution in [0, 0.1) is 0 Å². The van der Waals surface area contributed by atoms with Crippen LogP contribution in [0.2, 0.25) is 0 Å². The highest BCUT2D eigenvalue weighted by Crippen LogP contribution is 2.52. The van der Waals surface area contributed by atoms with E-state index in [1.165, 1.54) is 0 Å². The number of alkyl halides is 3. The molecule has 2 N–H and O–H groups in total. The highest BCUT2D eigenvalue weighted by molar-refractivity contribution is 6.17. The summed E-state index contributed by atoms with van der Waals surface area (Å²) in [5, 5.41) is 0. The number of hydrogen-bond donors (Lipinski definition) is 1. The summed E-state index contributed by atoms with van der Waals surface area (Å²) in [6, 6.07) is 22.0. The number of hydrogen-bond acceptors (Lipinski definition) is 5. The predicted octanol–water partition coefficient (Wildman–Crippen LogP) is 7.56. The molecule has 46 heavy (non-hydrogen) atoms. The lowest BCUT2D eigenvalue weighted by atomic mass is 9.87. The van der Waals surface area contributed by atoms with Gasteiger partial charge in [-0.2, -0.15) is 13.2 Å². The molecule has 4 aromatic rings. The van der Waals surface area contributed by atoms with Gasteiger partial charge in [-0.1, -0.05) is 74.0 Å². The molecule has 0 spiro atoms. The number of amides is 1. The van der Waals surface area contributed by atoms with Gasteiger partial charge >= 0.3 is 6.18 Å². The van der Waals surface area contributed by atoms with Crippen molar-refractivity contribution in [3.05, 3.63) is 107 Å². The SMILES string of the molecule is CCCCN(CC(F)(F)F)C(=O)C1c2ccccc2-c2ccc(C(=O)c3ccccc3-c3cccnc3)c(N3CCCCC3N)c21. The van der Waals surface area contributed by atoms with E-state index >= 15 is 0 Å². The first-order chi connectivity index (χ1) is 22.2. The molecule has 3 aromatic carbocycles. The third kappa shape index (κ3) is 6.03. The van der Waals surface area contributed by atoms with Crippen LogP contribution in [-0.2, 0) is 4.79 Å². The van der Waals surface area contributed by atoms with Gasteiger partial charge in [-0.05, 0) is 60.1 Å². The summed E-state index contributed by atoms with van der Waals surface area (Å²) in [5.41, 5.74) is 12.3. The summed E-state index contributed by atoms with van der Waals surface area (Å²) in [4.78, 5) is 36.3. The lowest BCUT2D eigenvalue weighted by Gasteiger charge is -2.38. The van der Waals surface area contributed by atoms with Gasteiger partial charge in [-0.25, -0.2) is 0 Å². The van der Waals surface area contributed by atoms with Crippen LogP contribution in [-0.4, -0.2) is 53.6 Å². The maximum absolute atomic E-state index is 14.7. The van der Waals surface area contributed by atoms with Gasteiger partial charge < -0.3 is 15.5 Å². The smallest absolute Gasteiger partial charge is 0.355 e. The first-order valence-electron chi connectivity index (χ1n) is 15.9. The standard InChI is InChI=1S/C37H37F3N4O2/c1-2-3-20-43(23-37(38,39)40)36(46)33-27-14-6-5-13-26(27)28-17-18-30(34(32(28)33)44-21-9-8-16-31(44)41)35(45)29-15-7-4-12-25(29)24-11-10-19-42-22-24/h4-7,10-15,17-19,22,31,33H,2-3,8-9,16,20-21,23,41H2,1H3. The maximum atomic E-state index is 14.7. The molecule has 1 amide bonds. The van der Waals surface area contributed by atoms with Gasteiger partial charge in [-0.15, -0.1) is 0 Å². The number of pyridine rings is 1. The van der Waals surface area contributed by atoms with Gasteiger partial charge in [0.25, 0.3) is 0 Å². The van der Waals surface area contributed by atoms with Crippen LogP contribution in [0.5, 0.6) is 0 Å². The first-order valence-corrected chi connectivity index (χ1v) is 15.9. The highest BCUT2D eigenvalue weighted by Gasteiger charge is 2.43. The molecule has 238 valence electrons. The molecule has 2 aliphatic rings. The van der Waals surface area contributed by atoms with Crippen molar-refractivity contribution in [1.82, 2.24) is 9.88 Å². The van der Waals surface area contributed by atoms with Crippen LogP contribution in [0.15, 0.2) is 85.2 Å². The minimum absolute atomic E-state index is 0.0154. The van der Waals surface area contributed by atoms with Crippen LogP contribution in [0.3, 0.4) is 0 Å². The van der Waals surface area contributed by atoms with E-state index in [9.17, 15) is 22.8 Å². The molecule has 2 atom stereocenters. The summed E-state index contributed by atoms with van der Waals surface area (Å²) in [7, 11) is 0. The second kappa shape index (κ2) is 13.1. The molecule has 1 aromatic heterocycles. The second-order valence-electron chi connectivity index (χ2n) is 12.0. The highest BCUT2D eigenvalue weighted by atomic mass is 19.4. The number of unbranched alkanes of at least 4 members (excludes halogenated alkanes) is 1. The largest absolute Gasteiger partial charge is 0.406 e. The van der Waals surface area contributed by atoms with E-state index in [0.717, 1.165) is 34.4 Å². The average molecular weight is 627 g/mol. The van der Waals surface area contributed by atoms with E-state index in [1.54, 1.807) is 36.7 Å². The Bertz CT molecular complexity index is 1740. The summed E-state index contributed by atoms with van der Waals surface area (Å²) in [6.45, 7) is 1.09. The molecular formula is C37H37F3N4O2. The fourth-order valence-electron chi connectivity index (χ4n) is 6.88. The summed E-state index contributed by atoms with van der Waals surface area (Å²) in [6.07, 6.45) is 1.90. The van der Waals surface area contributed by atoms with E-state index in [0.29, 0.717) is 59.3 Å². The zero-order valence-corrected chi connectivity index (χ0v) is 25.8. The number of rotatable bonds is 9. The van der Waals surface area contributed by atoms with Crippen LogP contribution in [0.4, 0.5) is 18.9 Å². The number of fused-ring (bicyclic) bond motifs is 3. The molecule has 0 saturated carbocycles. The van der Waals surface area contributed by atoms with Crippen molar-refractivity contribution < 1.29 is 22.8 Å². The Kier molecular flexibility index (Phi) is 8.95. The minimum Gasteiger partial charge on any atom is -0.355 e. The van der Waals surface area contributed by atoms with E-state index in [2.05, 4.69) is 4.98 Å². The zero-order chi connectivity index (χ0) is 32.4. The topological polar surface area (TPSA) is 79.5 Å². The molecular weight excluding hydrogens is 589 g/mol. The Hall–Kier alpha value is -4.50. The van der Waals surface area contributed by atoms with Crippen molar-refractivity contribution >= 4 is 17.4 Å². The fourth-order valence-corrected chi connectivity index (χ4v) is 6.88. The van der Waals surface area contributed by atoms with Crippen LogP contribution >= 0.6 is 0 Å². The van der Waals surface area contributed by atoms with Crippen LogP contribution < -0.4 is 10.6 Å². The summed E-state index contributed by atoms with van der Waals surface area (Å²) in [5.74, 6) is -1.89. The van der Waals surface area contributed by atoms with E-state index < -0.39 is 30.7 Å². The van der Waals surface area contributed by atoms with Gasteiger partial charge in [0.15, 0.2) is 5.78 Å². The van der Waals surface area contributed by atoms with Gasteiger partial charge in [0.1, 0.15) is 6.54 Å². The molecule has 2 heterocycles. The quantitative estimate of drug-likeness (QED) is 0.194. The molecule has 1 fully saturated rings. The second-order valence-corrected chi connectivity index (χ2v) is 12.0.